The van der Waals surface area contributed by atoms with Gasteiger partial charge in [0.1, 0.15) is 11.4 Å². The number of carbonyl (C=O) groups is 1. The summed E-state index contributed by atoms with van der Waals surface area (Å²) in [4.78, 5) is 14.8. The lowest BCUT2D eigenvalue weighted by atomic mass is 9.75. The summed E-state index contributed by atoms with van der Waals surface area (Å²) >= 11 is 1.64. The highest BCUT2D eigenvalue weighted by molar-refractivity contribution is 8.00. The molecular weight excluding hydrogens is 318 g/mol. The fraction of sp³-hybridized carbons (Fsp3) is 0.350. The van der Waals surface area contributed by atoms with Gasteiger partial charge in [0.2, 0.25) is 5.91 Å². The second kappa shape index (κ2) is 6.99. The average Bonchev–Trinajstić information content (AvgIpc) is 3.02. The molecular formula is C20H23NO2S. The molecule has 2 aliphatic rings. The van der Waals surface area contributed by atoms with Gasteiger partial charge in [0.15, 0.2) is 0 Å². The van der Waals surface area contributed by atoms with Crippen LogP contribution in [0.3, 0.4) is 0 Å². The molecule has 0 aliphatic carbocycles. The molecule has 0 bridgehead atoms. The third kappa shape index (κ3) is 2.64. The van der Waals surface area contributed by atoms with Gasteiger partial charge in [0.05, 0.1) is 11.6 Å². The maximum Gasteiger partial charge on any atom is 0.239 e. The average molecular weight is 341 g/mol. The Kier molecular flexibility index (Phi) is 4.97. The molecule has 4 heteroatoms. The summed E-state index contributed by atoms with van der Waals surface area (Å²) in [5.74, 6) is 0.922. The van der Waals surface area contributed by atoms with Crippen molar-refractivity contribution in [1.29, 1.82) is 0 Å². The second-order valence-corrected chi connectivity index (χ2v) is 7.31. The zero-order chi connectivity index (χ0) is 17.2. The van der Waals surface area contributed by atoms with Crippen molar-refractivity contribution in [3.05, 3.63) is 73.9 Å². The zero-order valence-electron chi connectivity index (χ0n) is 13.8. The summed E-state index contributed by atoms with van der Waals surface area (Å²) < 4.78 is 6.07. The molecule has 1 amide bonds. The first-order valence-electron chi connectivity index (χ1n) is 8.16. The van der Waals surface area contributed by atoms with Crippen LogP contribution in [0.25, 0.3) is 0 Å². The molecule has 0 radical (unpaired) electrons. The van der Waals surface area contributed by atoms with E-state index in [-0.39, 0.29) is 28.9 Å². The molecule has 1 aromatic rings. The van der Waals surface area contributed by atoms with Crippen LogP contribution in [0.4, 0.5) is 0 Å². The van der Waals surface area contributed by atoms with Crippen molar-refractivity contribution in [3.63, 3.8) is 0 Å². The van der Waals surface area contributed by atoms with E-state index in [0.29, 0.717) is 6.54 Å². The molecule has 126 valence electrons. The molecule has 4 atom stereocenters. The third-order valence-electron chi connectivity index (χ3n) is 4.83. The summed E-state index contributed by atoms with van der Waals surface area (Å²) in [6, 6.07) is 10.1. The van der Waals surface area contributed by atoms with Crippen LogP contribution in [0.15, 0.2) is 68.3 Å². The Balaban J connectivity index is 1.92. The van der Waals surface area contributed by atoms with E-state index in [1.807, 2.05) is 41.3 Å². The minimum absolute atomic E-state index is 0.0498. The van der Waals surface area contributed by atoms with Gasteiger partial charge in [-0.1, -0.05) is 48.6 Å². The van der Waals surface area contributed by atoms with Gasteiger partial charge in [-0.05, 0) is 5.56 Å². The Hall–Kier alpha value is -1.78. The summed E-state index contributed by atoms with van der Waals surface area (Å²) in [7, 11) is 0. The van der Waals surface area contributed by atoms with Crippen molar-refractivity contribution in [3.8, 4) is 0 Å². The summed E-state index contributed by atoms with van der Waals surface area (Å²) in [6.07, 6.45) is 6.03. The highest BCUT2D eigenvalue weighted by Gasteiger charge is 2.67. The SMILES string of the molecule is C=CCS[C@@H]1C(=O)N(Cc2ccccc2)[C@@]12C[C@@H](C=C)O[C@H]2C=C. The number of rotatable bonds is 7. The van der Waals surface area contributed by atoms with Crippen molar-refractivity contribution in [2.45, 2.75) is 36.0 Å². The molecule has 3 rings (SSSR count). The number of ether oxygens (including phenoxy) is 1. The van der Waals surface area contributed by atoms with Crippen LogP contribution in [0.1, 0.15) is 12.0 Å². The first-order chi connectivity index (χ1) is 11.7. The third-order valence-corrected chi connectivity index (χ3v) is 6.20. The molecule has 2 aliphatic heterocycles. The van der Waals surface area contributed by atoms with E-state index in [1.54, 1.807) is 11.8 Å². The lowest BCUT2D eigenvalue weighted by Gasteiger charge is -2.57. The fourth-order valence-corrected chi connectivity index (χ4v) is 4.96. The first kappa shape index (κ1) is 17.1. The predicted molar refractivity (Wildman–Crippen MR) is 99.8 cm³/mol. The minimum atomic E-state index is -0.346. The maximum atomic E-state index is 12.8. The number of thioether (sulfide) groups is 1. The van der Waals surface area contributed by atoms with Gasteiger partial charge in [-0.25, -0.2) is 0 Å². The smallest absolute Gasteiger partial charge is 0.239 e. The molecule has 0 unspecified atom stereocenters. The summed E-state index contributed by atoms with van der Waals surface area (Å²) in [6.45, 7) is 12.2. The molecule has 0 aromatic heterocycles. The number of β-lactam (4-membered cyclic amide) rings is 1. The van der Waals surface area contributed by atoms with Crippen molar-refractivity contribution in [2.75, 3.05) is 5.75 Å². The Morgan fingerprint density at radius 3 is 2.62 bits per heavy atom. The van der Waals surface area contributed by atoms with Crippen LogP contribution in [-0.4, -0.2) is 39.6 Å². The van der Waals surface area contributed by atoms with Gasteiger partial charge in [0.25, 0.3) is 0 Å². The van der Waals surface area contributed by atoms with E-state index in [0.717, 1.165) is 17.7 Å². The van der Waals surface area contributed by atoms with Gasteiger partial charge < -0.3 is 9.64 Å². The monoisotopic (exact) mass is 341 g/mol. The Morgan fingerprint density at radius 2 is 2.00 bits per heavy atom. The van der Waals surface area contributed by atoms with Crippen LogP contribution < -0.4 is 0 Å². The van der Waals surface area contributed by atoms with Crippen molar-refractivity contribution >= 4 is 17.7 Å². The fourth-order valence-electron chi connectivity index (χ4n) is 3.72. The lowest BCUT2D eigenvalue weighted by Crippen LogP contribution is -2.75. The number of nitrogens with zero attached hydrogens (tertiary/aromatic N) is 1. The van der Waals surface area contributed by atoms with Gasteiger partial charge in [-0.2, -0.15) is 0 Å². The summed E-state index contributed by atoms with van der Waals surface area (Å²) in [5.41, 5.74) is 0.781. The number of amides is 1. The molecule has 2 saturated heterocycles. The van der Waals surface area contributed by atoms with Crippen LogP contribution in [0, 0.1) is 0 Å². The van der Waals surface area contributed by atoms with Gasteiger partial charge >= 0.3 is 0 Å². The van der Waals surface area contributed by atoms with Crippen molar-refractivity contribution in [1.82, 2.24) is 4.90 Å². The molecule has 2 fully saturated rings. The number of carbonyl (C=O) groups excluding carboxylic acids is 1. The van der Waals surface area contributed by atoms with Crippen LogP contribution >= 0.6 is 11.8 Å². The molecule has 0 saturated carbocycles. The van der Waals surface area contributed by atoms with E-state index >= 15 is 0 Å². The van der Waals surface area contributed by atoms with E-state index < -0.39 is 0 Å². The molecule has 2 heterocycles. The highest BCUT2D eigenvalue weighted by Crippen LogP contribution is 2.52. The molecule has 1 spiro atoms. The molecule has 1 aromatic carbocycles. The predicted octanol–water partition coefficient (Wildman–Crippen LogP) is 3.58. The Labute approximate surface area is 148 Å². The Bertz CT molecular complexity index is 644. The number of likely N-dealkylation sites (tertiary alicyclic amines) is 1. The normalized spacial score (nSPS) is 31.8. The van der Waals surface area contributed by atoms with Gasteiger partial charge in [0, 0.05) is 18.7 Å². The standard InChI is InChI=1S/C20H23NO2S/c1-4-12-24-18-19(22)21(14-15-10-8-7-9-11-15)20(18)13-16(5-2)23-17(20)6-3/h4-11,16-18H,1-3,12-14H2/t16-,17+,18-,20-/m1/s1. The van der Waals surface area contributed by atoms with Crippen LogP contribution in [-0.2, 0) is 16.1 Å². The largest absolute Gasteiger partial charge is 0.364 e. The van der Waals surface area contributed by atoms with Crippen molar-refractivity contribution in [2.24, 2.45) is 0 Å². The van der Waals surface area contributed by atoms with Crippen molar-refractivity contribution < 1.29 is 9.53 Å². The number of hydrogen-bond donors (Lipinski definition) is 0. The minimum Gasteiger partial charge on any atom is -0.364 e. The van der Waals surface area contributed by atoms with Gasteiger partial charge in [-0.3, -0.25) is 4.79 Å². The number of benzene rings is 1. The Morgan fingerprint density at radius 1 is 1.25 bits per heavy atom. The summed E-state index contributed by atoms with van der Waals surface area (Å²) in [5, 5.41) is -0.118. The first-order valence-corrected chi connectivity index (χ1v) is 9.20. The molecule has 0 N–H and O–H groups in total. The topological polar surface area (TPSA) is 29.5 Å². The van der Waals surface area contributed by atoms with Crippen LogP contribution in [0.5, 0.6) is 0 Å². The zero-order valence-corrected chi connectivity index (χ0v) is 14.6. The van der Waals surface area contributed by atoms with E-state index in [2.05, 4.69) is 31.9 Å². The maximum absolute atomic E-state index is 12.8. The lowest BCUT2D eigenvalue weighted by molar-refractivity contribution is -0.159. The molecule has 3 nitrogen and oxygen atoms in total. The van der Waals surface area contributed by atoms with E-state index in [1.165, 1.54) is 0 Å². The van der Waals surface area contributed by atoms with E-state index in [9.17, 15) is 4.79 Å². The highest BCUT2D eigenvalue weighted by atomic mass is 32.2. The quantitative estimate of drug-likeness (QED) is 0.561. The van der Waals surface area contributed by atoms with Gasteiger partial charge in [-0.15, -0.1) is 31.5 Å². The van der Waals surface area contributed by atoms with Crippen LogP contribution in [0.2, 0.25) is 0 Å². The van der Waals surface area contributed by atoms with E-state index in [4.69, 9.17) is 4.74 Å². The second-order valence-electron chi connectivity index (χ2n) is 6.17. The molecule has 24 heavy (non-hydrogen) atoms. The number of hydrogen-bond acceptors (Lipinski definition) is 3.